The Morgan fingerprint density at radius 2 is 1.50 bits per heavy atom. The smallest absolute Gasteiger partial charge is 0.139 e. The fraction of sp³-hybridized carbons (Fsp3) is 0.778. The third-order valence-electron chi connectivity index (χ3n) is 3.30. The maximum absolute atomic E-state index is 3.61. The molecule has 0 aromatic heterocycles. The van der Waals surface area contributed by atoms with E-state index in [-0.39, 0.29) is 17.0 Å². The van der Waals surface area contributed by atoms with E-state index in [4.69, 9.17) is 0 Å². The maximum atomic E-state index is 3.61. The van der Waals surface area contributed by atoms with Gasteiger partial charge in [0, 0.05) is 0 Å². The summed E-state index contributed by atoms with van der Waals surface area (Å²) in [6.07, 6.45) is 0. The molecule has 4 nitrogen and oxygen atoms in total. The van der Waals surface area contributed by atoms with Crippen LogP contribution in [0.25, 0.3) is 0 Å². The second-order valence-corrected chi connectivity index (χ2v) is 6.39. The maximum Gasteiger partial charge on any atom is 0.139 e. The Bertz CT molecular complexity index is 272. The lowest BCUT2D eigenvalue weighted by Crippen LogP contribution is -3.00. The minimum absolute atomic E-state index is 0. The Hall–Kier alpha value is 1.02. The quantitative estimate of drug-likeness (QED) is 0.487. The molecule has 0 unspecified atom stereocenters. The molecule has 0 aliphatic carbocycles. The molecule has 4 saturated heterocycles. The van der Waals surface area contributed by atoms with Crippen LogP contribution >= 0.6 is 31.9 Å². The van der Waals surface area contributed by atoms with Gasteiger partial charge in [-0.2, -0.15) is 0 Å². The summed E-state index contributed by atoms with van der Waals surface area (Å²) in [5.41, 5.74) is 0. The second-order valence-electron chi connectivity index (χ2n) is 4.92. The molecule has 0 aromatic carbocycles. The average molecular weight is 419 g/mol. The van der Waals surface area contributed by atoms with Crippen molar-refractivity contribution in [1.29, 1.82) is 0 Å². The lowest BCUT2D eigenvalue weighted by atomic mass is 10.3. The molecular formula is C9H15Br3N4. The average Bonchev–Trinajstić information content (AvgIpc) is 2.14. The molecule has 0 amide bonds. The minimum atomic E-state index is 0. The first kappa shape index (κ1) is 13.5. The SMILES string of the molecule is Br/C=C(\Br)C[N+]12CN3CN(CN(C3)C1)C2.[Br-]. The fourth-order valence-corrected chi connectivity index (χ4v) is 3.84. The third-order valence-corrected chi connectivity index (χ3v) is 4.95. The summed E-state index contributed by atoms with van der Waals surface area (Å²) in [6.45, 7) is 8.16. The number of quaternary nitrogens is 1. The highest BCUT2D eigenvalue weighted by molar-refractivity contribution is 9.14. The van der Waals surface area contributed by atoms with Crippen molar-refractivity contribution < 1.29 is 21.5 Å². The molecule has 0 radical (unpaired) electrons. The normalized spacial score (nSPS) is 45.6. The molecule has 4 fully saturated rings. The van der Waals surface area contributed by atoms with E-state index in [1.54, 1.807) is 0 Å². The van der Waals surface area contributed by atoms with Gasteiger partial charge < -0.3 is 17.0 Å². The minimum Gasteiger partial charge on any atom is -1.00 e. The number of nitrogens with zero attached hydrogens (tertiary/aromatic N) is 4. The predicted octanol–water partition coefficient (Wildman–Crippen LogP) is -1.87. The van der Waals surface area contributed by atoms with Crippen LogP contribution in [0, 0.1) is 0 Å². The first-order valence-corrected chi connectivity index (χ1v) is 6.87. The van der Waals surface area contributed by atoms with Gasteiger partial charge >= 0.3 is 0 Å². The molecule has 7 heteroatoms. The fourth-order valence-electron chi connectivity index (χ4n) is 3.16. The van der Waals surface area contributed by atoms with Crippen molar-refractivity contribution in [2.24, 2.45) is 0 Å². The first-order chi connectivity index (χ1) is 7.19. The van der Waals surface area contributed by atoms with Crippen LogP contribution in [-0.4, -0.2) is 65.7 Å². The highest BCUT2D eigenvalue weighted by Crippen LogP contribution is 2.30. The van der Waals surface area contributed by atoms with E-state index >= 15 is 0 Å². The zero-order valence-corrected chi connectivity index (χ0v) is 13.7. The van der Waals surface area contributed by atoms with Crippen molar-refractivity contribution in [3.8, 4) is 0 Å². The van der Waals surface area contributed by atoms with Gasteiger partial charge in [-0.1, -0.05) is 15.9 Å². The van der Waals surface area contributed by atoms with Crippen molar-refractivity contribution in [1.82, 2.24) is 14.7 Å². The number of hydrogen-bond donors (Lipinski definition) is 0. The summed E-state index contributed by atoms with van der Waals surface area (Å²) in [5, 5.41) is 0. The third kappa shape index (κ3) is 2.41. The lowest BCUT2D eigenvalue weighted by molar-refractivity contribution is -0.975. The Kier molecular flexibility index (Phi) is 4.16. The highest BCUT2D eigenvalue weighted by atomic mass is 79.9. The van der Waals surface area contributed by atoms with Crippen molar-refractivity contribution in [2.45, 2.75) is 0 Å². The van der Waals surface area contributed by atoms with Crippen molar-refractivity contribution >= 4 is 31.9 Å². The van der Waals surface area contributed by atoms with Gasteiger partial charge in [-0.05, 0) is 20.9 Å². The lowest BCUT2D eigenvalue weighted by Gasteiger charge is -2.60. The Balaban J connectivity index is 0.000000963. The monoisotopic (exact) mass is 416 g/mol. The first-order valence-electron chi connectivity index (χ1n) is 5.16. The van der Waals surface area contributed by atoms with Crippen LogP contribution in [0.2, 0.25) is 0 Å². The molecule has 0 spiro atoms. The van der Waals surface area contributed by atoms with Crippen molar-refractivity contribution in [2.75, 3.05) is 46.6 Å². The van der Waals surface area contributed by atoms with E-state index < -0.39 is 0 Å². The van der Waals surface area contributed by atoms with Crippen LogP contribution in [0.15, 0.2) is 9.47 Å². The molecule has 0 saturated carbocycles. The van der Waals surface area contributed by atoms with Crippen LogP contribution in [0.3, 0.4) is 0 Å². The van der Waals surface area contributed by atoms with Crippen LogP contribution < -0.4 is 17.0 Å². The van der Waals surface area contributed by atoms with Crippen LogP contribution in [0.1, 0.15) is 0 Å². The van der Waals surface area contributed by atoms with Crippen LogP contribution in [0.4, 0.5) is 0 Å². The van der Waals surface area contributed by atoms with Gasteiger partial charge in [0.25, 0.3) is 0 Å². The molecule has 4 bridgehead atoms. The molecule has 92 valence electrons. The number of rotatable bonds is 2. The summed E-state index contributed by atoms with van der Waals surface area (Å²) in [4.78, 5) is 9.59. The molecule has 4 rings (SSSR count). The summed E-state index contributed by atoms with van der Waals surface area (Å²) < 4.78 is 2.41. The molecule has 4 heterocycles. The summed E-state index contributed by atoms with van der Waals surface area (Å²) in [6, 6.07) is 0. The van der Waals surface area contributed by atoms with Gasteiger partial charge in [-0.15, -0.1) is 0 Å². The van der Waals surface area contributed by atoms with Gasteiger partial charge in [0.1, 0.15) is 26.6 Å². The molecule has 4 aliphatic rings. The zero-order chi connectivity index (χ0) is 10.5. The van der Waals surface area contributed by atoms with Gasteiger partial charge in [-0.25, -0.2) is 14.7 Å². The van der Waals surface area contributed by atoms with E-state index in [0.29, 0.717) is 0 Å². The molecular weight excluding hydrogens is 404 g/mol. The molecule has 0 atom stereocenters. The van der Waals surface area contributed by atoms with Gasteiger partial charge in [0.15, 0.2) is 0 Å². The van der Waals surface area contributed by atoms with Crippen LogP contribution in [0.5, 0.6) is 0 Å². The molecule has 0 N–H and O–H groups in total. The predicted molar refractivity (Wildman–Crippen MR) is 65.8 cm³/mol. The van der Waals surface area contributed by atoms with E-state index in [1.165, 1.54) is 24.5 Å². The number of halogens is 3. The van der Waals surface area contributed by atoms with Crippen molar-refractivity contribution in [3.63, 3.8) is 0 Å². The van der Waals surface area contributed by atoms with Gasteiger partial charge in [-0.3, -0.25) is 4.48 Å². The van der Waals surface area contributed by atoms with Crippen molar-refractivity contribution in [3.05, 3.63) is 9.47 Å². The van der Waals surface area contributed by atoms with Gasteiger partial charge in [0.2, 0.25) is 0 Å². The molecule has 0 aromatic rings. The Morgan fingerprint density at radius 3 is 1.88 bits per heavy atom. The topological polar surface area (TPSA) is 9.72 Å². The Labute approximate surface area is 123 Å². The largest absolute Gasteiger partial charge is 1.00 e. The molecule has 16 heavy (non-hydrogen) atoms. The van der Waals surface area contributed by atoms with Crippen LogP contribution in [-0.2, 0) is 0 Å². The zero-order valence-electron chi connectivity index (χ0n) is 8.95. The van der Waals surface area contributed by atoms with E-state index in [0.717, 1.165) is 31.0 Å². The summed E-state index contributed by atoms with van der Waals surface area (Å²) >= 11 is 7.00. The number of hydrogen-bond acceptors (Lipinski definition) is 3. The summed E-state index contributed by atoms with van der Waals surface area (Å²) in [5.74, 6) is 0. The van der Waals surface area contributed by atoms with E-state index in [9.17, 15) is 0 Å². The van der Waals surface area contributed by atoms with E-state index in [1.807, 2.05) is 4.99 Å². The Morgan fingerprint density at radius 1 is 1.06 bits per heavy atom. The highest BCUT2D eigenvalue weighted by Gasteiger charge is 2.48. The van der Waals surface area contributed by atoms with Gasteiger partial charge in [0.05, 0.1) is 24.5 Å². The second kappa shape index (κ2) is 4.95. The summed E-state index contributed by atoms with van der Waals surface area (Å²) in [7, 11) is 0. The van der Waals surface area contributed by atoms with E-state index in [2.05, 4.69) is 46.6 Å². The molecule has 4 aliphatic heterocycles. The standard InChI is InChI=1S/C9H15Br2N4.BrH/c10-1-9(11)2-15-6-12-3-13(7-15)5-14(4-12)8-15;/h1H,2-8H2;1H/q+1;/p-1/b9-1-;.